The summed E-state index contributed by atoms with van der Waals surface area (Å²) >= 11 is 0. The maximum absolute atomic E-state index is 13.7. The zero-order valence-electron chi connectivity index (χ0n) is 25.6. The molecule has 10 nitrogen and oxygen atoms in total. The minimum Gasteiger partial charge on any atom is -0.461 e. The van der Waals surface area contributed by atoms with Gasteiger partial charge < -0.3 is 18.9 Å². The number of carbonyl (C=O) groups is 4. The van der Waals surface area contributed by atoms with Gasteiger partial charge in [0, 0.05) is 55.0 Å². The van der Waals surface area contributed by atoms with E-state index in [0.717, 1.165) is 17.7 Å². The van der Waals surface area contributed by atoms with Gasteiger partial charge in [-0.25, -0.2) is 9.78 Å². The molecule has 4 heterocycles. The van der Waals surface area contributed by atoms with Crippen molar-refractivity contribution in [3.05, 3.63) is 37.1 Å². The first kappa shape index (κ1) is 31.4. The fourth-order valence-corrected chi connectivity index (χ4v) is 6.65. The number of rotatable bonds is 6. The molecule has 2 fully saturated rings. The molecule has 2 aliphatic heterocycles. The lowest BCUT2D eigenvalue weighted by Gasteiger charge is -2.36. The molecule has 0 N–H and O–H groups in total. The fourth-order valence-electron chi connectivity index (χ4n) is 6.65. The molecule has 7 atom stereocenters. The molecule has 42 heavy (non-hydrogen) atoms. The standard InChI is InChI=1S/C32H44N4O6/c1-20-14-21(2)27(37)23(4)29-32(6,18-41-30(39)24(5)28(38)22(3)15-20)42-31(40)36(29)13-8-7-12-35-17-26(34-19-35)25-10-9-11-33-16-25/h9-11,16-17,19-24,29H,7-8,12-15,18H2,1-6H3. The summed E-state index contributed by atoms with van der Waals surface area (Å²) < 4.78 is 13.5. The molecule has 0 aromatic carbocycles. The van der Waals surface area contributed by atoms with E-state index in [0.29, 0.717) is 32.4 Å². The van der Waals surface area contributed by atoms with Gasteiger partial charge in [0.1, 0.15) is 24.1 Å². The first-order valence-electron chi connectivity index (χ1n) is 15.1. The molecular weight excluding hydrogens is 536 g/mol. The zero-order chi connectivity index (χ0) is 30.6. The normalized spacial score (nSPS) is 31.3. The number of carbonyl (C=O) groups excluding carboxylic acids is 4. The summed E-state index contributed by atoms with van der Waals surface area (Å²) in [6.07, 6.45) is 9.41. The van der Waals surface area contributed by atoms with E-state index in [4.69, 9.17) is 9.47 Å². The van der Waals surface area contributed by atoms with Crippen molar-refractivity contribution in [3.63, 3.8) is 0 Å². The van der Waals surface area contributed by atoms with Crippen molar-refractivity contribution >= 4 is 23.6 Å². The van der Waals surface area contributed by atoms with E-state index in [2.05, 4.69) is 9.97 Å². The Morgan fingerprint density at radius 2 is 1.67 bits per heavy atom. The summed E-state index contributed by atoms with van der Waals surface area (Å²) in [5, 5.41) is 0. The van der Waals surface area contributed by atoms with Gasteiger partial charge >= 0.3 is 12.1 Å². The second kappa shape index (κ2) is 13.2. The zero-order valence-corrected chi connectivity index (χ0v) is 25.6. The molecule has 0 aliphatic carbocycles. The van der Waals surface area contributed by atoms with Crippen LogP contribution in [0.4, 0.5) is 4.79 Å². The molecule has 7 unspecified atom stereocenters. The van der Waals surface area contributed by atoms with Crippen molar-refractivity contribution in [2.24, 2.45) is 29.6 Å². The number of Topliss-reactive ketones (excluding diaryl/α,β-unsaturated/α-hetero) is 2. The number of ether oxygens (including phenoxy) is 2. The quantitative estimate of drug-likeness (QED) is 0.267. The Morgan fingerprint density at radius 3 is 2.36 bits per heavy atom. The molecule has 0 spiro atoms. The molecule has 2 aliphatic rings. The number of nitrogens with zero attached hydrogens (tertiary/aromatic N) is 4. The van der Waals surface area contributed by atoms with Crippen LogP contribution in [0.15, 0.2) is 37.1 Å². The molecular formula is C32H44N4O6. The molecule has 2 saturated heterocycles. The fraction of sp³-hybridized carbons (Fsp3) is 0.625. The van der Waals surface area contributed by atoms with Crippen LogP contribution in [-0.4, -0.2) is 67.9 Å². The number of cyclic esters (lactones) is 1. The Balaban J connectivity index is 1.48. The number of pyridine rings is 1. The topological polar surface area (TPSA) is 121 Å². The minimum absolute atomic E-state index is 0.0402. The summed E-state index contributed by atoms with van der Waals surface area (Å²) in [6.45, 7) is 11.8. The van der Waals surface area contributed by atoms with E-state index >= 15 is 0 Å². The summed E-state index contributed by atoms with van der Waals surface area (Å²) in [5.74, 6) is -2.67. The van der Waals surface area contributed by atoms with Gasteiger partial charge in [0.15, 0.2) is 5.60 Å². The summed E-state index contributed by atoms with van der Waals surface area (Å²) in [6, 6.07) is 3.22. The SMILES string of the molecule is CC1CC(C)C(=O)C(C)C(=O)OCC2(C)OC(=O)N(CCCCn3cnc(-c4cccnc4)c3)C2C(C)C(=O)C(C)C1. The molecule has 2 aromatic rings. The largest absolute Gasteiger partial charge is 0.461 e. The summed E-state index contributed by atoms with van der Waals surface area (Å²) in [4.78, 5) is 63.0. The highest BCUT2D eigenvalue weighted by Crippen LogP contribution is 2.38. The Labute approximate surface area is 248 Å². The number of fused-ring (bicyclic) bond motifs is 1. The van der Waals surface area contributed by atoms with Crippen molar-refractivity contribution in [2.45, 2.75) is 85.4 Å². The number of aryl methyl sites for hydroxylation is 1. The maximum atomic E-state index is 13.7. The highest BCUT2D eigenvalue weighted by Gasteiger charge is 2.55. The van der Waals surface area contributed by atoms with Crippen LogP contribution < -0.4 is 0 Å². The van der Waals surface area contributed by atoms with Gasteiger partial charge in [-0.05, 0) is 57.6 Å². The van der Waals surface area contributed by atoms with Gasteiger partial charge in [-0.15, -0.1) is 0 Å². The van der Waals surface area contributed by atoms with Crippen LogP contribution in [0.3, 0.4) is 0 Å². The van der Waals surface area contributed by atoms with Gasteiger partial charge in [-0.3, -0.25) is 19.4 Å². The third-order valence-corrected chi connectivity index (χ3v) is 8.86. The number of hydrogen-bond donors (Lipinski definition) is 0. The van der Waals surface area contributed by atoms with Crippen LogP contribution in [0.2, 0.25) is 0 Å². The monoisotopic (exact) mass is 580 g/mol. The predicted molar refractivity (Wildman–Crippen MR) is 156 cm³/mol. The number of amides is 1. The predicted octanol–water partition coefficient (Wildman–Crippen LogP) is 4.96. The molecule has 0 radical (unpaired) electrons. The van der Waals surface area contributed by atoms with Crippen molar-refractivity contribution in [1.29, 1.82) is 0 Å². The third kappa shape index (κ3) is 6.90. The molecule has 10 heteroatoms. The lowest BCUT2D eigenvalue weighted by atomic mass is 9.77. The van der Waals surface area contributed by atoms with E-state index in [1.165, 1.54) is 0 Å². The van der Waals surface area contributed by atoms with Gasteiger partial charge in [0.2, 0.25) is 0 Å². The molecule has 0 saturated carbocycles. The Hall–Kier alpha value is -3.56. The Morgan fingerprint density at radius 1 is 0.976 bits per heavy atom. The maximum Gasteiger partial charge on any atom is 0.410 e. The van der Waals surface area contributed by atoms with E-state index in [1.54, 1.807) is 37.5 Å². The molecule has 1 amide bonds. The smallest absolute Gasteiger partial charge is 0.410 e. The van der Waals surface area contributed by atoms with Crippen LogP contribution in [0.5, 0.6) is 0 Å². The first-order valence-corrected chi connectivity index (χ1v) is 15.1. The van der Waals surface area contributed by atoms with E-state index in [1.807, 2.05) is 50.6 Å². The third-order valence-electron chi connectivity index (χ3n) is 8.86. The van der Waals surface area contributed by atoms with Gasteiger partial charge in [-0.2, -0.15) is 0 Å². The highest BCUT2D eigenvalue weighted by molar-refractivity contribution is 5.99. The summed E-state index contributed by atoms with van der Waals surface area (Å²) in [5.41, 5.74) is 0.562. The van der Waals surface area contributed by atoms with Crippen LogP contribution in [-0.2, 0) is 30.4 Å². The van der Waals surface area contributed by atoms with Crippen LogP contribution in [0.25, 0.3) is 11.3 Å². The molecule has 2 aromatic heterocycles. The first-order chi connectivity index (χ1) is 19.9. The van der Waals surface area contributed by atoms with Crippen LogP contribution in [0.1, 0.15) is 67.2 Å². The van der Waals surface area contributed by atoms with E-state index in [-0.39, 0.29) is 35.9 Å². The second-order valence-corrected chi connectivity index (χ2v) is 12.6. The van der Waals surface area contributed by atoms with Gasteiger partial charge in [0.25, 0.3) is 0 Å². The number of esters is 1. The number of imidazole rings is 1. The Kier molecular flexibility index (Phi) is 9.84. The lowest BCUT2D eigenvalue weighted by Crippen LogP contribution is -2.53. The van der Waals surface area contributed by atoms with Gasteiger partial charge in [-0.1, -0.05) is 27.7 Å². The number of aromatic nitrogens is 3. The number of unbranched alkanes of at least 4 members (excludes halogenated alkanes) is 1. The second-order valence-electron chi connectivity index (χ2n) is 12.6. The van der Waals surface area contributed by atoms with Crippen molar-refractivity contribution in [2.75, 3.05) is 13.2 Å². The van der Waals surface area contributed by atoms with E-state index < -0.39 is 35.5 Å². The Bertz CT molecular complexity index is 1280. The minimum atomic E-state index is -1.23. The van der Waals surface area contributed by atoms with Crippen molar-refractivity contribution in [1.82, 2.24) is 19.4 Å². The average Bonchev–Trinajstić information content (AvgIpc) is 3.54. The molecule has 4 rings (SSSR count). The van der Waals surface area contributed by atoms with Crippen LogP contribution >= 0.6 is 0 Å². The van der Waals surface area contributed by atoms with Crippen molar-refractivity contribution in [3.8, 4) is 11.3 Å². The number of hydrogen-bond acceptors (Lipinski definition) is 8. The highest BCUT2D eigenvalue weighted by atomic mass is 16.6. The van der Waals surface area contributed by atoms with Crippen molar-refractivity contribution < 1.29 is 28.7 Å². The van der Waals surface area contributed by atoms with E-state index in [9.17, 15) is 19.2 Å². The number of ketones is 2. The van der Waals surface area contributed by atoms with Crippen LogP contribution in [0, 0.1) is 29.6 Å². The molecule has 0 bridgehead atoms. The molecule has 228 valence electrons. The summed E-state index contributed by atoms with van der Waals surface area (Å²) in [7, 11) is 0. The average molecular weight is 581 g/mol. The lowest BCUT2D eigenvalue weighted by molar-refractivity contribution is -0.158. The van der Waals surface area contributed by atoms with Gasteiger partial charge in [0.05, 0.1) is 18.1 Å².